The van der Waals surface area contributed by atoms with Gasteiger partial charge in [0.1, 0.15) is 0 Å². The second-order valence-electron chi connectivity index (χ2n) is 4.36. The third-order valence-corrected chi connectivity index (χ3v) is 3.55. The average molecular weight is 170 g/mol. The van der Waals surface area contributed by atoms with Gasteiger partial charge in [-0.15, -0.1) is 0 Å². The second-order valence-corrected chi connectivity index (χ2v) is 4.36. The molecule has 0 saturated heterocycles. The molecule has 2 bridgehead atoms. The summed E-state index contributed by atoms with van der Waals surface area (Å²) in [5.41, 5.74) is 6.23. The van der Waals surface area contributed by atoms with E-state index in [9.17, 15) is 0 Å². The first-order valence-corrected chi connectivity index (χ1v) is 5.05. The molecular formula is C13H14. The maximum atomic E-state index is 2.39. The van der Waals surface area contributed by atoms with Crippen LogP contribution < -0.4 is 0 Å². The molecule has 3 rings (SSSR count). The van der Waals surface area contributed by atoms with Gasteiger partial charge in [-0.25, -0.2) is 0 Å². The van der Waals surface area contributed by atoms with Crippen molar-refractivity contribution in [3.05, 3.63) is 46.5 Å². The lowest BCUT2D eigenvalue weighted by atomic mass is 9.90. The highest BCUT2D eigenvalue weighted by molar-refractivity contribution is 5.54. The Balaban J connectivity index is 2.33. The summed E-state index contributed by atoms with van der Waals surface area (Å²) in [4.78, 5) is 0. The van der Waals surface area contributed by atoms with Crippen LogP contribution in [-0.2, 0) is 0 Å². The SMILES string of the molecule is Cc1ccc(C)c2c1[C@@H]1C=C[C@H]2C1. The first-order valence-electron chi connectivity index (χ1n) is 5.05. The summed E-state index contributed by atoms with van der Waals surface area (Å²) in [5.74, 6) is 1.47. The summed E-state index contributed by atoms with van der Waals surface area (Å²) < 4.78 is 0. The third kappa shape index (κ3) is 0.810. The van der Waals surface area contributed by atoms with Gasteiger partial charge in [0.2, 0.25) is 0 Å². The van der Waals surface area contributed by atoms with Crippen LogP contribution in [0.3, 0.4) is 0 Å². The standard InChI is InChI=1S/C13H14/c1-8-3-4-9(2)13-11-6-5-10(7-11)12(8)13/h3-6,10-11H,7H2,1-2H3/t10-,11+. The molecule has 2 atom stereocenters. The van der Waals surface area contributed by atoms with Crippen LogP contribution in [0.1, 0.15) is 40.5 Å². The smallest absolute Gasteiger partial charge is 0.00326 e. The number of aryl methyl sites for hydroxylation is 2. The maximum absolute atomic E-state index is 2.39. The summed E-state index contributed by atoms with van der Waals surface area (Å²) in [7, 11) is 0. The van der Waals surface area contributed by atoms with Gasteiger partial charge in [-0.3, -0.25) is 0 Å². The van der Waals surface area contributed by atoms with E-state index in [-0.39, 0.29) is 0 Å². The van der Waals surface area contributed by atoms with Gasteiger partial charge in [0.15, 0.2) is 0 Å². The molecule has 1 aromatic carbocycles. The van der Waals surface area contributed by atoms with Gasteiger partial charge in [-0.05, 0) is 42.5 Å². The molecule has 0 N–H and O–H groups in total. The van der Waals surface area contributed by atoms with Crippen LogP contribution in [0.15, 0.2) is 24.3 Å². The average Bonchev–Trinajstić information content (AvgIpc) is 2.70. The van der Waals surface area contributed by atoms with Crippen LogP contribution in [0.4, 0.5) is 0 Å². The summed E-state index contributed by atoms with van der Waals surface area (Å²) in [6.07, 6.45) is 6.11. The van der Waals surface area contributed by atoms with E-state index in [1.54, 1.807) is 11.1 Å². The first-order chi connectivity index (χ1) is 6.27. The topological polar surface area (TPSA) is 0 Å². The molecule has 2 aliphatic rings. The van der Waals surface area contributed by atoms with Crippen molar-refractivity contribution in [1.82, 2.24) is 0 Å². The fourth-order valence-electron chi connectivity index (χ4n) is 2.97. The Morgan fingerprint density at radius 3 is 1.85 bits per heavy atom. The highest BCUT2D eigenvalue weighted by atomic mass is 14.4. The van der Waals surface area contributed by atoms with Crippen molar-refractivity contribution < 1.29 is 0 Å². The number of hydrogen-bond acceptors (Lipinski definition) is 0. The molecule has 0 amide bonds. The summed E-state index contributed by atoms with van der Waals surface area (Å²) in [5, 5.41) is 0. The number of rotatable bonds is 0. The van der Waals surface area contributed by atoms with Crippen molar-refractivity contribution >= 4 is 0 Å². The first kappa shape index (κ1) is 7.37. The van der Waals surface area contributed by atoms with E-state index in [1.807, 2.05) is 0 Å². The van der Waals surface area contributed by atoms with Crippen LogP contribution in [0, 0.1) is 13.8 Å². The number of allylic oxidation sites excluding steroid dienone is 2. The van der Waals surface area contributed by atoms with Gasteiger partial charge in [0, 0.05) is 11.8 Å². The molecule has 0 heteroatoms. The van der Waals surface area contributed by atoms with E-state index in [2.05, 4.69) is 38.1 Å². The molecule has 0 unspecified atom stereocenters. The Labute approximate surface area is 79.3 Å². The van der Waals surface area contributed by atoms with Crippen molar-refractivity contribution in [2.24, 2.45) is 0 Å². The van der Waals surface area contributed by atoms with E-state index in [1.165, 1.54) is 17.5 Å². The van der Waals surface area contributed by atoms with Gasteiger partial charge in [-0.2, -0.15) is 0 Å². The predicted octanol–water partition coefficient (Wildman–Crippen LogP) is 3.44. The van der Waals surface area contributed by atoms with Gasteiger partial charge >= 0.3 is 0 Å². The highest BCUT2D eigenvalue weighted by Gasteiger charge is 2.34. The normalized spacial score (nSPS) is 28.2. The fraction of sp³-hybridized carbons (Fsp3) is 0.385. The molecule has 0 aromatic heterocycles. The van der Waals surface area contributed by atoms with E-state index >= 15 is 0 Å². The molecule has 1 aromatic rings. The lowest BCUT2D eigenvalue weighted by Crippen LogP contribution is -1.98. The molecule has 0 spiro atoms. The van der Waals surface area contributed by atoms with Crippen LogP contribution in [0.5, 0.6) is 0 Å². The number of hydrogen-bond donors (Lipinski definition) is 0. The minimum atomic E-state index is 0.736. The van der Waals surface area contributed by atoms with Crippen molar-refractivity contribution in [2.45, 2.75) is 32.1 Å². The summed E-state index contributed by atoms with van der Waals surface area (Å²) in [6, 6.07) is 4.53. The van der Waals surface area contributed by atoms with Crippen LogP contribution in [0.25, 0.3) is 0 Å². The Bertz CT molecular complexity index is 362. The molecule has 0 nitrogen and oxygen atoms in total. The van der Waals surface area contributed by atoms with Crippen LogP contribution >= 0.6 is 0 Å². The number of benzene rings is 1. The third-order valence-electron chi connectivity index (χ3n) is 3.55. The molecule has 2 aliphatic carbocycles. The molecule has 0 radical (unpaired) electrons. The van der Waals surface area contributed by atoms with Crippen LogP contribution in [-0.4, -0.2) is 0 Å². The van der Waals surface area contributed by atoms with Crippen molar-refractivity contribution in [2.75, 3.05) is 0 Å². The van der Waals surface area contributed by atoms with Gasteiger partial charge in [0.25, 0.3) is 0 Å². The molecule has 0 fully saturated rings. The molecular weight excluding hydrogens is 156 g/mol. The van der Waals surface area contributed by atoms with Gasteiger partial charge in [-0.1, -0.05) is 24.3 Å². The van der Waals surface area contributed by atoms with E-state index in [4.69, 9.17) is 0 Å². The second kappa shape index (κ2) is 2.25. The maximum Gasteiger partial charge on any atom is 0.00326 e. The van der Waals surface area contributed by atoms with Crippen molar-refractivity contribution in [3.63, 3.8) is 0 Å². The van der Waals surface area contributed by atoms with E-state index < -0.39 is 0 Å². The fourth-order valence-corrected chi connectivity index (χ4v) is 2.97. The van der Waals surface area contributed by atoms with Crippen molar-refractivity contribution in [1.29, 1.82) is 0 Å². The molecule has 0 aliphatic heterocycles. The predicted molar refractivity (Wildman–Crippen MR) is 55.2 cm³/mol. The Kier molecular flexibility index (Phi) is 1.28. The summed E-state index contributed by atoms with van der Waals surface area (Å²) >= 11 is 0. The van der Waals surface area contributed by atoms with Gasteiger partial charge < -0.3 is 0 Å². The van der Waals surface area contributed by atoms with Crippen LogP contribution in [0.2, 0.25) is 0 Å². The zero-order valence-corrected chi connectivity index (χ0v) is 8.17. The zero-order valence-electron chi connectivity index (χ0n) is 8.17. The molecule has 13 heavy (non-hydrogen) atoms. The Hall–Kier alpha value is -1.04. The zero-order chi connectivity index (χ0) is 9.00. The lowest BCUT2D eigenvalue weighted by Gasteiger charge is -2.15. The Morgan fingerprint density at radius 2 is 1.38 bits per heavy atom. The lowest BCUT2D eigenvalue weighted by molar-refractivity contribution is 0.801. The van der Waals surface area contributed by atoms with Gasteiger partial charge in [0.05, 0.1) is 0 Å². The quantitative estimate of drug-likeness (QED) is 0.523. The minimum Gasteiger partial charge on any atom is -0.0803 e. The Morgan fingerprint density at radius 1 is 0.923 bits per heavy atom. The van der Waals surface area contributed by atoms with E-state index in [0.29, 0.717) is 0 Å². The molecule has 66 valence electrons. The summed E-state index contributed by atoms with van der Waals surface area (Å²) in [6.45, 7) is 4.49. The highest BCUT2D eigenvalue weighted by Crippen LogP contribution is 2.50. The van der Waals surface area contributed by atoms with E-state index in [0.717, 1.165) is 11.8 Å². The van der Waals surface area contributed by atoms with Crippen molar-refractivity contribution in [3.8, 4) is 0 Å². The largest absolute Gasteiger partial charge is 0.0803 e. The molecule has 0 saturated carbocycles. The number of fused-ring (bicyclic) bond motifs is 5. The monoisotopic (exact) mass is 170 g/mol. The minimum absolute atomic E-state index is 0.736. The molecule has 0 heterocycles.